The van der Waals surface area contributed by atoms with Gasteiger partial charge >= 0.3 is 0 Å². The number of rotatable bonds is 1. The van der Waals surface area contributed by atoms with Gasteiger partial charge < -0.3 is 10.4 Å². The van der Waals surface area contributed by atoms with Crippen LogP contribution in [0.15, 0.2) is 0 Å². The van der Waals surface area contributed by atoms with E-state index in [9.17, 15) is 5.11 Å². The van der Waals surface area contributed by atoms with Crippen LogP contribution in [0.5, 0.6) is 0 Å². The third-order valence-electron chi connectivity index (χ3n) is 5.29. The third kappa shape index (κ3) is 1.91. The molecule has 0 aromatic rings. The first-order valence-electron chi connectivity index (χ1n) is 7.28. The Kier molecular flexibility index (Phi) is 3.21. The van der Waals surface area contributed by atoms with Crippen molar-refractivity contribution in [3.8, 4) is 0 Å². The van der Waals surface area contributed by atoms with E-state index in [1.54, 1.807) is 0 Å². The van der Waals surface area contributed by atoms with E-state index < -0.39 is 0 Å². The van der Waals surface area contributed by atoms with Crippen LogP contribution < -0.4 is 5.32 Å². The second kappa shape index (κ2) is 4.66. The summed E-state index contributed by atoms with van der Waals surface area (Å²) in [6.45, 7) is 1.22. The zero-order chi connectivity index (χ0) is 11.0. The first kappa shape index (κ1) is 11.0. The van der Waals surface area contributed by atoms with E-state index in [1.165, 1.54) is 51.5 Å². The van der Waals surface area contributed by atoms with Crippen molar-refractivity contribution < 1.29 is 5.11 Å². The van der Waals surface area contributed by atoms with Gasteiger partial charge in [-0.25, -0.2) is 0 Å². The fourth-order valence-electron chi connectivity index (χ4n) is 4.44. The molecular formula is C14H25NO. The van der Waals surface area contributed by atoms with Crippen LogP contribution >= 0.6 is 0 Å². The standard InChI is InChI=1S/C14H25NO/c16-13-8-3-1-2-6-12(13)14-11-7-4-5-10(11)9-15-14/h10-16H,1-9H2. The molecule has 3 rings (SSSR count). The molecule has 2 heteroatoms. The summed E-state index contributed by atoms with van der Waals surface area (Å²) in [5.74, 6) is 2.37. The topological polar surface area (TPSA) is 32.3 Å². The van der Waals surface area contributed by atoms with Gasteiger partial charge in [0.2, 0.25) is 0 Å². The Labute approximate surface area is 98.8 Å². The lowest BCUT2D eigenvalue weighted by molar-refractivity contribution is 0.0702. The summed E-state index contributed by atoms with van der Waals surface area (Å²) in [6.07, 6.45) is 10.4. The average molecular weight is 223 g/mol. The smallest absolute Gasteiger partial charge is 0.0583 e. The fraction of sp³-hybridized carbons (Fsp3) is 1.00. The largest absolute Gasteiger partial charge is 0.393 e. The fourth-order valence-corrected chi connectivity index (χ4v) is 4.44. The van der Waals surface area contributed by atoms with E-state index in [0.717, 1.165) is 18.3 Å². The maximum Gasteiger partial charge on any atom is 0.0583 e. The zero-order valence-electron chi connectivity index (χ0n) is 10.2. The Morgan fingerprint density at radius 1 is 0.812 bits per heavy atom. The Balaban J connectivity index is 1.70. The van der Waals surface area contributed by atoms with Gasteiger partial charge in [0.25, 0.3) is 0 Å². The highest BCUT2D eigenvalue weighted by Gasteiger charge is 2.44. The van der Waals surface area contributed by atoms with Gasteiger partial charge in [0.15, 0.2) is 0 Å². The van der Waals surface area contributed by atoms with Crippen LogP contribution in [-0.2, 0) is 0 Å². The Morgan fingerprint density at radius 2 is 1.62 bits per heavy atom. The number of nitrogens with one attached hydrogen (secondary N) is 1. The lowest BCUT2D eigenvalue weighted by Gasteiger charge is -2.30. The van der Waals surface area contributed by atoms with Crippen LogP contribution in [-0.4, -0.2) is 23.8 Å². The molecule has 1 heterocycles. The molecule has 0 aromatic heterocycles. The number of aliphatic hydroxyl groups is 1. The van der Waals surface area contributed by atoms with Crippen molar-refractivity contribution >= 4 is 0 Å². The lowest BCUT2D eigenvalue weighted by Crippen LogP contribution is -2.41. The average Bonchev–Trinajstić information content (AvgIpc) is 2.80. The second-order valence-electron chi connectivity index (χ2n) is 6.16. The molecule has 1 saturated heterocycles. The normalized spacial score (nSPS) is 48.9. The van der Waals surface area contributed by atoms with Crippen molar-refractivity contribution in [2.24, 2.45) is 17.8 Å². The minimum atomic E-state index is -0.0284. The van der Waals surface area contributed by atoms with Gasteiger partial charge in [0.05, 0.1) is 6.10 Å². The summed E-state index contributed by atoms with van der Waals surface area (Å²) in [5.41, 5.74) is 0. The van der Waals surface area contributed by atoms with Crippen LogP contribution in [0.3, 0.4) is 0 Å². The van der Waals surface area contributed by atoms with E-state index in [1.807, 2.05) is 0 Å². The van der Waals surface area contributed by atoms with Crippen molar-refractivity contribution in [2.45, 2.75) is 63.5 Å². The van der Waals surface area contributed by atoms with Crippen molar-refractivity contribution in [2.75, 3.05) is 6.54 Å². The maximum absolute atomic E-state index is 10.3. The number of fused-ring (bicyclic) bond motifs is 1. The highest BCUT2D eigenvalue weighted by Crippen LogP contribution is 2.42. The number of hydrogen-bond donors (Lipinski definition) is 2. The summed E-state index contributed by atoms with van der Waals surface area (Å²) in [4.78, 5) is 0. The molecule has 2 saturated carbocycles. The van der Waals surface area contributed by atoms with Crippen molar-refractivity contribution in [3.05, 3.63) is 0 Å². The molecule has 2 aliphatic carbocycles. The Morgan fingerprint density at radius 3 is 2.56 bits per heavy atom. The summed E-state index contributed by atoms with van der Waals surface area (Å²) < 4.78 is 0. The predicted molar refractivity (Wildman–Crippen MR) is 65.2 cm³/mol. The van der Waals surface area contributed by atoms with Gasteiger partial charge in [-0.15, -0.1) is 0 Å². The van der Waals surface area contributed by atoms with Crippen molar-refractivity contribution in [1.82, 2.24) is 5.32 Å². The predicted octanol–water partition coefficient (Wildman–Crippen LogP) is 2.32. The summed E-state index contributed by atoms with van der Waals surface area (Å²) in [7, 11) is 0. The van der Waals surface area contributed by atoms with Crippen molar-refractivity contribution in [1.29, 1.82) is 0 Å². The minimum Gasteiger partial charge on any atom is -0.393 e. The molecule has 3 fully saturated rings. The van der Waals surface area contributed by atoms with Gasteiger partial charge in [0.1, 0.15) is 0 Å². The lowest BCUT2D eigenvalue weighted by atomic mass is 9.81. The molecule has 0 radical (unpaired) electrons. The molecule has 0 aromatic carbocycles. The highest BCUT2D eigenvalue weighted by atomic mass is 16.3. The molecule has 0 spiro atoms. The van der Waals surface area contributed by atoms with E-state index in [0.29, 0.717) is 12.0 Å². The van der Waals surface area contributed by atoms with Gasteiger partial charge in [-0.2, -0.15) is 0 Å². The monoisotopic (exact) mass is 223 g/mol. The number of aliphatic hydroxyl groups excluding tert-OH is 1. The SMILES string of the molecule is OC1CCCCCC1C1NCC2CCCC21. The van der Waals surface area contributed by atoms with Gasteiger partial charge in [-0.05, 0) is 44.1 Å². The molecule has 5 atom stereocenters. The summed E-state index contributed by atoms with van der Waals surface area (Å²) in [5, 5.41) is 14.0. The van der Waals surface area contributed by atoms with Crippen LogP contribution in [0.25, 0.3) is 0 Å². The molecule has 92 valence electrons. The zero-order valence-corrected chi connectivity index (χ0v) is 10.2. The summed E-state index contributed by atoms with van der Waals surface area (Å²) in [6, 6.07) is 0.639. The number of hydrogen-bond acceptors (Lipinski definition) is 2. The molecule has 5 unspecified atom stereocenters. The molecule has 3 aliphatic rings. The minimum absolute atomic E-state index is 0.0284. The van der Waals surface area contributed by atoms with Crippen LogP contribution in [0.1, 0.15) is 51.4 Å². The molecule has 0 amide bonds. The quantitative estimate of drug-likeness (QED) is 0.669. The van der Waals surface area contributed by atoms with E-state index in [4.69, 9.17) is 0 Å². The molecular weight excluding hydrogens is 198 g/mol. The Bertz CT molecular complexity index is 243. The van der Waals surface area contributed by atoms with Gasteiger partial charge in [0, 0.05) is 12.0 Å². The maximum atomic E-state index is 10.3. The van der Waals surface area contributed by atoms with Crippen molar-refractivity contribution in [3.63, 3.8) is 0 Å². The molecule has 2 N–H and O–H groups in total. The van der Waals surface area contributed by atoms with Gasteiger partial charge in [-0.3, -0.25) is 0 Å². The molecule has 1 aliphatic heterocycles. The first-order chi connectivity index (χ1) is 7.86. The van der Waals surface area contributed by atoms with E-state index in [2.05, 4.69) is 5.32 Å². The highest BCUT2D eigenvalue weighted by molar-refractivity contribution is 4.99. The second-order valence-corrected chi connectivity index (χ2v) is 6.16. The molecule has 2 nitrogen and oxygen atoms in total. The third-order valence-corrected chi connectivity index (χ3v) is 5.29. The van der Waals surface area contributed by atoms with Crippen LogP contribution in [0.4, 0.5) is 0 Å². The Hall–Kier alpha value is -0.0800. The van der Waals surface area contributed by atoms with E-state index in [-0.39, 0.29) is 6.10 Å². The van der Waals surface area contributed by atoms with Gasteiger partial charge in [-0.1, -0.05) is 25.7 Å². The first-order valence-corrected chi connectivity index (χ1v) is 7.28. The van der Waals surface area contributed by atoms with E-state index >= 15 is 0 Å². The molecule has 16 heavy (non-hydrogen) atoms. The van der Waals surface area contributed by atoms with Crippen LogP contribution in [0, 0.1) is 17.8 Å². The van der Waals surface area contributed by atoms with Crippen LogP contribution in [0.2, 0.25) is 0 Å². The molecule has 0 bridgehead atoms. The summed E-state index contributed by atoms with van der Waals surface area (Å²) >= 11 is 0.